The summed E-state index contributed by atoms with van der Waals surface area (Å²) in [5, 5.41) is 0. The first-order valence-electron chi connectivity index (χ1n) is 3.17. The third-order valence-corrected chi connectivity index (χ3v) is 1.26. The Labute approximate surface area is 61.8 Å². The summed E-state index contributed by atoms with van der Waals surface area (Å²) in [5.41, 5.74) is 1.67. The molecule has 0 N–H and O–H groups in total. The van der Waals surface area contributed by atoms with Gasteiger partial charge in [-0.05, 0) is 19.4 Å². The van der Waals surface area contributed by atoms with Crippen LogP contribution in [0.5, 0.6) is 0 Å². The van der Waals surface area contributed by atoms with Crippen LogP contribution < -0.4 is 0 Å². The number of allylic oxidation sites excluding steroid dienone is 5. The van der Waals surface area contributed by atoms with E-state index in [2.05, 4.69) is 6.58 Å². The van der Waals surface area contributed by atoms with Crippen molar-refractivity contribution in [2.24, 2.45) is 0 Å². The van der Waals surface area contributed by atoms with Crippen molar-refractivity contribution in [2.75, 3.05) is 0 Å². The second kappa shape index (κ2) is 4.74. The van der Waals surface area contributed by atoms with Gasteiger partial charge in [0.05, 0.1) is 0 Å². The lowest BCUT2D eigenvalue weighted by molar-refractivity contribution is -0.104. The maximum atomic E-state index is 10.3. The molecule has 0 saturated carbocycles. The Kier molecular flexibility index (Phi) is 4.21. The zero-order valence-corrected chi connectivity index (χ0v) is 6.42. The molecular weight excluding hydrogens is 124 g/mol. The largest absolute Gasteiger partial charge is 0.298 e. The summed E-state index contributed by atoms with van der Waals surface area (Å²) in [4.78, 5) is 10.3. The minimum absolute atomic E-state index is 0.722. The Bertz CT molecular complexity index is 185. The van der Waals surface area contributed by atoms with Gasteiger partial charge in [-0.25, -0.2) is 0 Å². The van der Waals surface area contributed by atoms with Gasteiger partial charge in [0.2, 0.25) is 0 Å². The number of carbonyl (C=O) groups excluding carboxylic acids is 1. The van der Waals surface area contributed by atoms with Crippen molar-refractivity contribution in [3.8, 4) is 0 Å². The van der Waals surface area contributed by atoms with Crippen LogP contribution in [-0.2, 0) is 4.79 Å². The van der Waals surface area contributed by atoms with Gasteiger partial charge in [-0.15, -0.1) is 0 Å². The molecule has 0 aliphatic heterocycles. The monoisotopic (exact) mass is 136 g/mol. The van der Waals surface area contributed by atoms with Crippen LogP contribution >= 0.6 is 0 Å². The molecule has 0 unspecified atom stereocenters. The van der Waals surface area contributed by atoms with E-state index in [1.165, 1.54) is 0 Å². The van der Waals surface area contributed by atoms with Gasteiger partial charge in [-0.3, -0.25) is 4.79 Å². The molecule has 0 aromatic rings. The van der Waals surface area contributed by atoms with Gasteiger partial charge in [0.1, 0.15) is 6.29 Å². The first-order valence-corrected chi connectivity index (χ1v) is 3.17. The fraction of sp³-hybridized carbons (Fsp3) is 0.222. The summed E-state index contributed by atoms with van der Waals surface area (Å²) >= 11 is 0. The van der Waals surface area contributed by atoms with Crippen LogP contribution in [-0.4, -0.2) is 6.29 Å². The van der Waals surface area contributed by atoms with Crippen molar-refractivity contribution >= 4 is 6.29 Å². The lowest BCUT2D eigenvalue weighted by Gasteiger charge is -1.94. The van der Waals surface area contributed by atoms with Crippen molar-refractivity contribution in [3.05, 3.63) is 36.0 Å². The molecule has 1 nitrogen and oxygen atoms in total. The van der Waals surface area contributed by atoms with Crippen LogP contribution in [0.3, 0.4) is 0 Å². The molecule has 0 atom stereocenters. The van der Waals surface area contributed by atoms with Crippen molar-refractivity contribution in [3.63, 3.8) is 0 Å². The van der Waals surface area contributed by atoms with Crippen molar-refractivity contribution in [2.45, 2.75) is 13.8 Å². The highest BCUT2D eigenvalue weighted by Gasteiger charge is 1.92. The predicted molar refractivity (Wildman–Crippen MR) is 43.8 cm³/mol. The van der Waals surface area contributed by atoms with E-state index in [-0.39, 0.29) is 0 Å². The highest BCUT2D eigenvalue weighted by atomic mass is 16.1. The van der Waals surface area contributed by atoms with Gasteiger partial charge in [-0.2, -0.15) is 0 Å². The zero-order valence-electron chi connectivity index (χ0n) is 6.42. The molecule has 0 saturated heterocycles. The van der Waals surface area contributed by atoms with Gasteiger partial charge in [0.15, 0.2) is 0 Å². The van der Waals surface area contributed by atoms with Crippen molar-refractivity contribution < 1.29 is 4.79 Å². The third kappa shape index (κ3) is 2.44. The topological polar surface area (TPSA) is 17.1 Å². The smallest absolute Gasteiger partial charge is 0.149 e. The third-order valence-electron chi connectivity index (χ3n) is 1.26. The summed E-state index contributed by atoms with van der Waals surface area (Å²) < 4.78 is 0. The number of hydrogen-bond donors (Lipinski definition) is 0. The minimum atomic E-state index is 0.722. The molecule has 10 heavy (non-hydrogen) atoms. The van der Waals surface area contributed by atoms with E-state index in [0.717, 1.165) is 17.4 Å². The second-order valence-corrected chi connectivity index (χ2v) is 1.95. The van der Waals surface area contributed by atoms with Gasteiger partial charge < -0.3 is 0 Å². The molecule has 0 spiro atoms. The number of rotatable bonds is 3. The Morgan fingerprint density at radius 3 is 2.40 bits per heavy atom. The molecule has 0 bridgehead atoms. The maximum Gasteiger partial charge on any atom is 0.149 e. The average Bonchev–Trinajstić information content (AvgIpc) is 1.91. The maximum absolute atomic E-state index is 10.3. The van der Waals surface area contributed by atoms with E-state index in [9.17, 15) is 4.79 Å². The van der Waals surface area contributed by atoms with Gasteiger partial charge >= 0.3 is 0 Å². The molecule has 0 radical (unpaired) electrons. The van der Waals surface area contributed by atoms with Crippen LogP contribution in [0.4, 0.5) is 0 Å². The van der Waals surface area contributed by atoms with Crippen LogP contribution in [0.25, 0.3) is 0 Å². The Hall–Kier alpha value is -1.11. The van der Waals surface area contributed by atoms with E-state index in [0.29, 0.717) is 0 Å². The highest BCUT2D eigenvalue weighted by molar-refractivity contribution is 5.79. The summed E-state index contributed by atoms with van der Waals surface area (Å²) in [5.74, 6) is 0. The fourth-order valence-electron chi connectivity index (χ4n) is 0.662. The molecule has 0 aromatic heterocycles. The van der Waals surface area contributed by atoms with Crippen LogP contribution in [0, 0.1) is 0 Å². The second-order valence-electron chi connectivity index (χ2n) is 1.95. The van der Waals surface area contributed by atoms with Crippen LogP contribution in [0.1, 0.15) is 13.8 Å². The lowest BCUT2D eigenvalue weighted by Crippen LogP contribution is -1.84. The highest BCUT2D eigenvalue weighted by Crippen LogP contribution is 2.04. The van der Waals surface area contributed by atoms with E-state index < -0.39 is 0 Å². The fourth-order valence-corrected chi connectivity index (χ4v) is 0.662. The molecule has 0 aliphatic rings. The molecule has 0 fully saturated rings. The quantitative estimate of drug-likeness (QED) is 0.330. The summed E-state index contributed by atoms with van der Waals surface area (Å²) in [7, 11) is 0. The Morgan fingerprint density at radius 1 is 1.50 bits per heavy atom. The van der Waals surface area contributed by atoms with Crippen LogP contribution in [0.2, 0.25) is 0 Å². The van der Waals surface area contributed by atoms with Gasteiger partial charge in [0, 0.05) is 5.57 Å². The lowest BCUT2D eigenvalue weighted by atomic mass is 10.1. The molecule has 1 heteroatoms. The average molecular weight is 136 g/mol. The molecular formula is C9H12O. The zero-order chi connectivity index (χ0) is 7.98. The van der Waals surface area contributed by atoms with Crippen molar-refractivity contribution in [1.29, 1.82) is 0 Å². The molecule has 0 amide bonds. The molecule has 0 rings (SSSR count). The number of carbonyl (C=O) groups is 1. The van der Waals surface area contributed by atoms with E-state index in [4.69, 9.17) is 0 Å². The molecule has 0 aliphatic carbocycles. The first-order chi connectivity index (χ1) is 4.76. The van der Waals surface area contributed by atoms with Crippen molar-refractivity contribution in [1.82, 2.24) is 0 Å². The number of hydrogen-bond acceptors (Lipinski definition) is 1. The minimum Gasteiger partial charge on any atom is -0.298 e. The van der Waals surface area contributed by atoms with E-state index in [1.807, 2.05) is 19.9 Å². The molecule has 0 heterocycles. The Morgan fingerprint density at radius 2 is 2.10 bits per heavy atom. The molecule has 54 valence electrons. The summed E-state index contributed by atoms with van der Waals surface area (Å²) in [6.45, 7) is 7.25. The SMILES string of the molecule is C=C/C=C(C)\C(C=O)=C/C. The normalized spacial score (nSPS) is 13.0. The standard InChI is InChI=1S/C9H12O/c1-4-6-8(3)9(5-2)7-10/h4-7H,1H2,2-3H3/b8-6-,9-5-. The van der Waals surface area contributed by atoms with Gasteiger partial charge in [-0.1, -0.05) is 24.8 Å². The summed E-state index contributed by atoms with van der Waals surface area (Å²) in [6.07, 6.45) is 6.10. The Balaban J connectivity index is 4.45. The van der Waals surface area contributed by atoms with E-state index >= 15 is 0 Å². The summed E-state index contributed by atoms with van der Waals surface area (Å²) in [6, 6.07) is 0. The number of aldehydes is 1. The van der Waals surface area contributed by atoms with E-state index in [1.54, 1.807) is 12.2 Å². The van der Waals surface area contributed by atoms with Crippen LogP contribution in [0.15, 0.2) is 36.0 Å². The predicted octanol–water partition coefficient (Wildman–Crippen LogP) is 2.26. The molecule has 0 aromatic carbocycles. The first kappa shape index (κ1) is 8.89. The van der Waals surface area contributed by atoms with Gasteiger partial charge in [0.25, 0.3) is 0 Å².